The van der Waals surface area contributed by atoms with Crippen LogP contribution in [0.25, 0.3) is 5.57 Å². The quantitative estimate of drug-likeness (QED) is 0.748. The number of carboxylic acid groups (broad SMARTS) is 1. The minimum atomic E-state index is -0.955. The minimum absolute atomic E-state index is 0.236. The maximum atomic E-state index is 10.9. The number of rotatable bonds is 4. The lowest BCUT2D eigenvalue weighted by molar-refractivity contribution is -0.130. The molecule has 0 aliphatic heterocycles. The van der Waals surface area contributed by atoms with Gasteiger partial charge in [0.15, 0.2) is 5.13 Å². The van der Waals surface area contributed by atoms with E-state index in [0.29, 0.717) is 10.8 Å². The number of nitrogens with zero attached hydrogens (tertiary/aromatic N) is 1. The second kappa shape index (κ2) is 4.76. The molecule has 0 bridgehead atoms. The highest BCUT2D eigenvalue weighted by atomic mass is 32.1. The number of unbranched alkanes of at least 4 members (excludes halogenated alkanes) is 1. The van der Waals surface area contributed by atoms with Crippen LogP contribution in [0.2, 0.25) is 0 Å². The largest absolute Gasteiger partial charge is 0.478 e. The molecule has 0 unspecified atom stereocenters. The van der Waals surface area contributed by atoms with Gasteiger partial charge in [-0.05, 0) is 6.42 Å². The van der Waals surface area contributed by atoms with E-state index in [4.69, 9.17) is 10.8 Å². The van der Waals surface area contributed by atoms with Crippen LogP contribution in [-0.2, 0) is 4.79 Å². The Balaban J connectivity index is 2.94. The van der Waals surface area contributed by atoms with E-state index in [1.807, 2.05) is 6.92 Å². The second-order valence-electron chi connectivity index (χ2n) is 2.78. The lowest BCUT2D eigenvalue weighted by Gasteiger charge is -1.96. The first-order valence-corrected chi connectivity index (χ1v) is 5.18. The third-order valence-corrected chi connectivity index (χ3v) is 2.34. The molecule has 0 fully saturated rings. The number of hydrogen-bond donors (Lipinski definition) is 2. The summed E-state index contributed by atoms with van der Waals surface area (Å²) in [5.74, 6) is -0.955. The third-order valence-electron chi connectivity index (χ3n) is 1.67. The van der Waals surface area contributed by atoms with Crippen molar-refractivity contribution >= 4 is 28.0 Å². The predicted octanol–water partition coefficient (Wildman–Crippen LogP) is 1.99. The van der Waals surface area contributed by atoms with Gasteiger partial charge in [0.1, 0.15) is 0 Å². The molecule has 14 heavy (non-hydrogen) atoms. The Labute approximate surface area is 86.1 Å². The number of thiazole rings is 1. The molecule has 0 aromatic carbocycles. The van der Waals surface area contributed by atoms with Gasteiger partial charge in [0.25, 0.3) is 0 Å². The molecule has 5 heteroatoms. The van der Waals surface area contributed by atoms with Crippen molar-refractivity contribution < 1.29 is 9.90 Å². The highest BCUT2D eigenvalue weighted by Gasteiger charge is 2.12. The standard InChI is InChI=1S/C9H12N2O2S/c1-2-3-4-6(8(12)13)7-5-14-9(10)11-7/h4-5H,2-3H2,1H3,(H2,10,11)(H,12,13). The summed E-state index contributed by atoms with van der Waals surface area (Å²) in [5.41, 5.74) is 6.12. The van der Waals surface area contributed by atoms with Gasteiger partial charge in [-0.25, -0.2) is 9.78 Å². The van der Waals surface area contributed by atoms with Crippen LogP contribution in [0.3, 0.4) is 0 Å². The first-order chi connectivity index (χ1) is 6.65. The molecule has 0 aliphatic carbocycles. The second-order valence-corrected chi connectivity index (χ2v) is 3.67. The van der Waals surface area contributed by atoms with Gasteiger partial charge in [0.2, 0.25) is 0 Å². The highest BCUT2D eigenvalue weighted by molar-refractivity contribution is 7.13. The molecule has 0 saturated heterocycles. The third kappa shape index (κ3) is 2.56. The van der Waals surface area contributed by atoms with Crippen molar-refractivity contribution in [2.24, 2.45) is 0 Å². The van der Waals surface area contributed by atoms with Gasteiger partial charge >= 0.3 is 5.97 Å². The van der Waals surface area contributed by atoms with E-state index in [9.17, 15) is 4.79 Å². The highest BCUT2D eigenvalue weighted by Crippen LogP contribution is 2.20. The van der Waals surface area contributed by atoms with Crippen LogP contribution in [0, 0.1) is 0 Å². The Kier molecular flexibility index (Phi) is 3.64. The Morgan fingerprint density at radius 2 is 2.50 bits per heavy atom. The van der Waals surface area contributed by atoms with Gasteiger partial charge in [-0.2, -0.15) is 0 Å². The van der Waals surface area contributed by atoms with E-state index in [2.05, 4.69) is 4.98 Å². The lowest BCUT2D eigenvalue weighted by atomic mass is 10.1. The molecule has 1 aromatic heterocycles. The van der Waals surface area contributed by atoms with Crippen LogP contribution in [0.15, 0.2) is 11.5 Å². The van der Waals surface area contributed by atoms with E-state index in [0.717, 1.165) is 12.8 Å². The maximum absolute atomic E-state index is 10.9. The number of nitrogens with two attached hydrogens (primary N) is 1. The van der Waals surface area contributed by atoms with Crippen LogP contribution in [0.1, 0.15) is 25.5 Å². The van der Waals surface area contributed by atoms with Crippen molar-refractivity contribution in [3.63, 3.8) is 0 Å². The zero-order valence-electron chi connectivity index (χ0n) is 7.86. The molecule has 0 spiro atoms. The molecule has 0 radical (unpaired) electrons. The maximum Gasteiger partial charge on any atom is 0.337 e. The average molecular weight is 212 g/mol. The fraction of sp³-hybridized carbons (Fsp3) is 0.333. The molecule has 0 atom stereocenters. The fourth-order valence-corrected chi connectivity index (χ4v) is 1.56. The van der Waals surface area contributed by atoms with Crippen LogP contribution < -0.4 is 5.73 Å². The number of hydrogen-bond acceptors (Lipinski definition) is 4. The Morgan fingerprint density at radius 3 is 2.93 bits per heavy atom. The molecule has 1 heterocycles. The molecule has 1 aromatic rings. The van der Waals surface area contributed by atoms with Crippen molar-refractivity contribution in [3.8, 4) is 0 Å². The summed E-state index contributed by atoms with van der Waals surface area (Å²) in [6.07, 6.45) is 3.33. The first kappa shape index (κ1) is 10.7. The van der Waals surface area contributed by atoms with Gasteiger partial charge in [-0.3, -0.25) is 0 Å². The van der Waals surface area contributed by atoms with Crippen LogP contribution in [0.5, 0.6) is 0 Å². The molecule has 3 N–H and O–H groups in total. The summed E-state index contributed by atoms with van der Waals surface area (Å²) in [5, 5.41) is 11.0. The normalized spacial score (nSPS) is 11.6. The first-order valence-electron chi connectivity index (χ1n) is 4.30. The van der Waals surface area contributed by atoms with E-state index < -0.39 is 5.97 Å². The van der Waals surface area contributed by atoms with Gasteiger partial charge in [0.05, 0.1) is 11.3 Å². The van der Waals surface area contributed by atoms with Gasteiger partial charge in [-0.1, -0.05) is 19.4 Å². The number of anilines is 1. The smallest absolute Gasteiger partial charge is 0.337 e. The van der Waals surface area contributed by atoms with Crippen molar-refractivity contribution in [2.45, 2.75) is 19.8 Å². The van der Waals surface area contributed by atoms with Crippen LogP contribution in [-0.4, -0.2) is 16.1 Å². The van der Waals surface area contributed by atoms with Crippen molar-refractivity contribution in [1.29, 1.82) is 0 Å². The van der Waals surface area contributed by atoms with Crippen molar-refractivity contribution in [3.05, 3.63) is 17.2 Å². The van der Waals surface area contributed by atoms with E-state index in [1.54, 1.807) is 11.5 Å². The monoisotopic (exact) mass is 212 g/mol. The topological polar surface area (TPSA) is 76.2 Å². The summed E-state index contributed by atoms with van der Waals surface area (Å²) in [6.45, 7) is 1.99. The van der Waals surface area contributed by atoms with E-state index >= 15 is 0 Å². The molecule has 76 valence electrons. The molecule has 4 nitrogen and oxygen atoms in total. The van der Waals surface area contributed by atoms with Gasteiger partial charge in [-0.15, -0.1) is 11.3 Å². The van der Waals surface area contributed by atoms with Crippen LogP contribution in [0.4, 0.5) is 5.13 Å². The van der Waals surface area contributed by atoms with Crippen LogP contribution >= 0.6 is 11.3 Å². The zero-order chi connectivity index (χ0) is 10.6. The molecule has 0 saturated carbocycles. The van der Waals surface area contributed by atoms with Gasteiger partial charge < -0.3 is 10.8 Å². The Morgan fingerprint density at radius 1 is 1.79 bits per heavy atom. The number of carbonyl (C=O) groups is 1. The molecule has 0 amide bonds. The summed E-state index contributed by atoms with van der Waals surface area (Å²) >= 11 is 1.25. The fourth-order valence-electron chi connectivity index (χ4n) is 1.00. The molecule has 1 rings (SSSR count). The van der Waals surface area contributed by atoms with Crippen molar-refractivity contribution in [2.75, 3.05) is 5.73 Å². The minimum Gasteiger partial charge on any atom is -0.478 e. The number of allylic oxidation sites excluding steroid dienone is 1. The lowest BCUT2D eigenvalue weighted by Crippen LogP contribution is -2.00. The van der Waals surface area contributed by atoms with Gasteiger partial charge in [0, 0.05) is 5.38 Å². The molecule has 0 aliphatic rings. The summed E-state index contributed by atoms with van der Waals surface area (Å²) in [7, 11) is 0. The SMILES string of the molecule is CCCC=C(C(=O)O)c1csc(N)n1. The van der Waals surface area contributed by atoms with E-state index in [1.165, 1.54) is 11.3 Å². The zero-order valence-corrected chi connectivity index (χ0v) is 8.67. The summed E-state index contributed by atoms with van der Waals surface area (Å²) < 4.78 is 0. The number of carboxylic acids is 1. The molecular weight excluding hydrogens is 200 g/mol. The Bertz CT molecular complexity index is 357. The summed E-state index contributed by atoms with van der Waals surface area (Å²) in [4.78, 5) is 14.8. The van der Waals surface area contributed by atoms with E-state index in [-0.39, 0.29) is 5.57 Å². The average Bonchev–Trinajstić information content (AvgIpc) is 2.52. The number of nitrogen functional groups attached to an aromatic ring is 1. The number of aliphatic carboxylic acids is 1. The molecular formula is C9H12N2O2S. The van der Waals surface area contributed by atoms with Crippen molar-refractivity contribution in [1.82, 2.24) is 4.98 Å². The summed E-state index contributed by atoms with van der Waals surface area (Å²) in [6, 6.07) is 0. The Hall–Kier alpha value is -1.36. The number of aromatic nitrogens is 1. The predicted molar refractivity (Wildman–Crippen MR) is 57.0 cm³/mol.